The minimum Gasteiger partial charge on any atom is -0.370 e. The van der Waals surface area contributed by atoms with E-state index >= 15 is 0 Å². The van der Waals surface area contributed by atoms with Crippen molar-refractivity contribution in [1.82, 2.24) is 19.6 Å². The minimum atomic E-state index is 0.591. The number of hydrogen-bond acceptors (Lipinski definition) is 4. The Labute approximate surface area is 131 Å². The average molecular weight is 294 g/mol. The first-order chi connectivity index (χ1) is 9.88. The molecule has 3 atom stereocenters. The van der Waals surface area contributed by atoms with Crippen LogP contribution in [0.1, 0.15) is 27.2 Å². The van der Waals surface area contributed by atoms with Crippen LogP contribution >= 0.6 is 0 Å². The van der Waals surface area contributed by atoms with Gasteiger partial charge in [-0.25, -0.2) is 0 Å². The second kappa shape index (κ2) is 7.12. The largest absolute Gasteiger partial charge is 0.370 e. The molecule has 0 saturated carbocycles. The molecule has 0 aromatic rings. The smallest absolute Gasteiger partial charge is 0.0386 e. The molecule has 2 heterocycles. The third-order valence-corrected chi connectivity index (χ3v) is 5.22. The molecule has 0 spiro atoms. The van der Waals surface area contributed by atoms with Crippen molar-refractivity contribution in [2.45, 2.75) is 45.3 Å². The van der Waals surface area contributed by atoms with E-state index in [1.165, 1.54) is 25.3 Å². The molecule has 2 rings (SSSR count). The van der Waals surface area contributed by atoms with Gasteiger partial charge in [0.15, 0.2) is 0 Å². The molecule has 0 radical (unpaired) electrons. The fourth-order valence-electron chi connectivity index (χ4n) is 3.99. The highest BCUT2D eigenvalue weighted by Crippen LogP contribution is 2.21. The maximum atomic E-state index is 4.40. The second-order valence-corrected chi connectivity index (χ2v) is 7.27. The van der Waals surface area contributed by atoms with E-state index in [9.17, 15) is 0 Å². The Morgan fingerprint density at radius 3 is 2.14 bits per heavy atom. The molecule has 0 aromatic carbocycles. The SMILES string of the molecule is C=C(CC(C)N1CCN(C)C[C@@H]1C)N1CCN(C)C[C@H]1C. The fourth-order valence-corrected chi connectivity index (χ4v) is 3.99. The van der Waals surface area contributed by atoms with Crippen molar-refractivity contribution in [3.8, 4) is 0 Å². The Morgan fingerprint density at radius 1 is 1.00 bits per heavy atom. The van der Waals surface area contributed by atoms with E-state index in [2.05, 4.69) is 61.0 Å². The molecular weight excluding hydrogens is 260 g/mol. The predicted octanol–water partition coefficient (Wildman–Crippen LogP) is 1.55. The highest BCUT2D eigenvalue weighted by atomic mass is 15.3. The number of nitrogens with zero attached hydrogens (tertiary/aromatic N) is 4. The van der Waals surface area contributed by atoms with Crippen LogP contribution in [-0.4, -0.2) is 91.1 Å². The number of piperazine rings is 2. The third kappa shape index (κ3) is 4.21. The Kier molecular flexibility index (Phi) is 5.69. The lowest BCUT2D eigenvalue weighted by Crippen LogP contribution is -2.54. The van der Waals surface area contributed by atoms with E-state index < -0.39 is 0 Å². The highest BCUT2D eigenvalue weighted by molar-refractivity contribution is 5.02. The fraction of sp³-hybridized carbons (Fsp3) is 0.882. The molecule has 0 N–H and O–H groups in total. The molecule has 0 aliphatic carbocycles. The van der Waals surface area contributed by atoms with Crippen LogP contribution in [0, 0.1) is 0 Å². The molecule has 122 valence electrons. The van der Waals surface area contributed by atoms with E-state index in [1.807, 2.05) is 0 Å². The van der Waals surface area contributed by atoms with Gasteiger partial charge in [0.05, 0.1) is 0 Å². The molecule has 2 saturated heterocycles. The summed E-state index contributed by atoms with van der Waals surface area (Å²) in [4.78, 5) is 10.0. The van der Waals surface area contributed by atoms with Crippen LogP contribution in [0.2, 0.25) is 0 Å². The first kappa shape index (κ1) is 16.8. The van der Waals surface area contributed by atoms with Gasteiger partial charge in [-0.05, 0) is 34.9 Å². The summed E-state index contributed by atoms with van der Waals surface area (Å²) in [5.74, 6) is 0. The van der Waals surface area contributed by atoms with Gasteiger partial charge >= 0.3 is 0 Å². The summed E-state index contributed by atoms with van der Waals surface area (Å²) in [5.41, 5.74) is 1.33. The molecular formula is C17H34N4. The van der Waals surface area contributed by atoms with Crippen molar-refractivity contribution in [3.63, 3.8) is 0 Å². The van der Waals surface area contributed by atoms with Gasteiger partial charge < -0.3 is 14.7 Å². The molecule has 0 amide bonds. The first-order valence-corrected chi connectivity index (χ1v) is 8.45. The molecule has 2 aliphatic rings. The van der Waals surface area contributed by atoms with Crippen LogP contribution in [0.25, 0.3) is 0 Å². The van der Waals surface area contributed by atoms with Crippen molar-refractivity contribution in [3.05, 3.63) is 12.3 Å². The lowest BCUT2D eigenvalue weighted by atomic mass is 10.0. The number of hydrogen-bond donors (Lipinski definition) is 0. The first-order valence-electron chi connectivity index (χ1n) is 8.45. The summed E-state index contributed by atoms with van der Waals surface area (Å²) in [6.45, 7) is 18.4. The van der Waals surface area contributed by atoms with Crippen LogP contribution in [0.15, 0.2) is 12.3 Å². The van der Waals surface area contributed by atoms with Crippen LogP contribution in [0.5, 0.6) is 0 Å². The van der Waals surface area contributed by atoms with Crippen molar-refractivity contribution >= 4 is 0 Å². The summed E-state index contributed by atoms with van der Waals surface area (Å²) in [5, 5.41) is 0. The van der Waals surface area contributed by atoms with E-state index in [4.69, 9.17) is 0 Å². The van der Waals surface area contributed by atoms with Gasteiger partial charge in [-0.1, -0.05) is 6.58 Å². The Morgan fingerprint density at radius 2 is 1.57 bits per heavy atom. The summed E-state index contributed by atoms with van der Waals surface area (Å²) in [6.07, 6.45) is 1.10. The molecule has 1 unspecified atom stereocenters. The zero-order valence-electron chi connectivity index (χ0n) is 14.7. The molecule has 4 nitrogen and oxygen atoms in total. The standard InChI is InChI=1S/C17H34N4/c1-14(20-9-7-18(5)12-16(20)3)11-15(2)21-10-8-19(6)13-17(21)4/h15-17H,1,7-13H2,2-6H3/t15?,16-,17+/m1/s1. The summed E-state index contributed by atoms with van der Waals surface area (Å²) < 4.78 is 0. The van der Waals surface area contributed by atoms with Crippen molar-refractivity contribution in [2.75, 3.05) is 53.4 Å². The van der Waals surface area contributed by atoms with Crippen LogP contribution in [0.4, 0.5) is 0 Å². The zero-order chi connectivity index (χ0) is 15.6. The second-order valence-electron chi connectivity index (χ2n) is 7.27. The van der Waals surface area contributed by atoms with Gasteiger partial charge in [-0.15, -0.1) is 0 Å². The summed E-state index contributed by atoms with van der Waals surface area (Å²) >= 11 is 0. The Hall–Kier alpha value is -0.580. The summed E-state index contributed by atoms with van der Waals surface area (Å²) in [7, 11) is 4.44. The van der Waals surface area contributed by atoms with Gasteiger partial charge in [0.25, 0.3) is 0 Å². The highest BCUT2D eigenvalue weighted by Gasteiger charge is 2.28. The molecule has 0 aromatic heterocycles. The van der Waals surface area contributed by atoms with Gasteiger partial charge in [-0.3, -0.25) is 4.90 Å². The molecule has 21 heavy (non-hydrogen) atoms. The lowest BCUT2D eigenvalue weighted by Gasteiger charge is -2.44. The van der Waals surface area contributed by atoms with Crippen LogP contribution in [0.3, 0.4) is 0 Å². The van der Waals surface area contributed by atoms with Crippen molar-refractivity contribution in [2.24, 2.45) is 0 Å². The zero-order valence-corrected chi connectivity index (χ0v) is 14.7. The van der Waals surface area contributed by atoms with Crippen molar-refractivity contribution in [1.29, 1.82) is 0 Å². The summed E-state index contributed by atoms with van der Waals surface area (Å²) in [6, 6.07) is 1.83. The van der Waals surface area contributed by atoms with E-state index in [-0.39, 0.29) is 0 Å². The lowest BCUT2D eigenvalue weighted by molar-refractivity contribution is 0.0603. The maximum Gasteiger partial charge on any atom is 0.0386 e. The van der Waals surface area contributed by atoms with Gasteiger partial charge in [0.2, 0.25) is 0 Å². The van der Waals surface area contributed by atoms with E-state index in [0.29, 0.717) is 18.1 Å². The molecule has 4 heteroatoms. The van der Waals surface area contributed by atoms with Crippen LogP contribution < -0.4 is 0 Å². The quantitative estimate of drug-likeness (QED) is 0.780. The Balaban J connectivity index is 1.87. The van der Waals surface area contributed by atoms with Crippen molar-refractivity contribution < 1.29 is 0 Å². The monoisotopic (exact) mass is 294 g/mol. The topological polar surface area (TPSA) is 13.0 Å². The van der Waals surface area contributed by atoms with Gasteiger partial charge in [-0.2, -0.15) is 0 Å². The van der Waals surface area contributed by atoms with E-state index in [1.54, 1.807) is 0 Å². The van der Waals surface area contributed by atoms with Gasteiger partial charge in [0, 0.05) is 69.5 Å². The Bertz CT molecular complexity index is 357. The number of rotatable bonds is 4. The third-order valence-electron chi connectivity index (χ3n) is 5.22. The van der Waals surface area contributed by atoms with Gasteiger partial charge in [0.1, 0.15) is 0 Å². The van der Waals surface area contributed by atoms with Crippen LogP contribution in [-0.2, 0) is 0 Å². The normalized spacial score (nSPS) is 31.4. The number of likely N-dealkylation sites (N-methyl/N-ethyl adjacent to an activating group) is 2. The van der Waals surface area contributed by atoms with E-state index in [0.717, 1.165) is 26.1 Å². The molecule has 0 bridgehead atoms. The average Bonchev–Trinajstić information content (AvgIpc) is 2.37. The molecule has 2 aliphatic heterocycles. The maximum absolute atomic E-state index is 4.40. The minimum absolute atomic E-state index is 0.591. The molecule has 2 fully saturated rings. The predicted molar refractivity (Wildman–Crippen MR) is 90.5 cm³/mol.